The minimum atomic E-state index is -0.389. The largest absolute Gasteiger partial charge is 0.480 e. The number of hydrogen-bond acceptors (Lipinski definition) is 6. The number of hydrazone groups is 1. The van der Waals surface area contributed by atoms with Crippen molar-refractivity contribution in [2.75, 3.05) is 6.61 Å². The minimum Gasteiger partial charge on any atom is -0.480 e. The van der Waals surface area contributed by atoms with Gasteiger partial charge in [-0.3, -0.25) is 4.79 Å². The quantitative estimate of drug-likeness (QED) is 0.287. The standard InChI is InChI=1S/C23H18N6O2/c1-2-14-31-21-13-12-17-8-6-7-11-19(17)20(21)15-24-25-22(30)16-29-27-23(26-28-29)18-9-4-3-5-10-18/h1,3-13,15H,14,16H2,(H,25,30)/b24-15-. The van der Waals surface area contributed by atoms with Gasteiger partial charge in [-0.1, -0.05) is 66.6 Å². The second kappa shape index (κ2) is 9.33. The van der Waals surface area contributed by atoms with E-state index in [0.717, 1.165) is 21.9 Å². The van der Waals surface area contributed by atoms with E-state index in [4.69, 9.17) is 11.2 Å². The molecule has 1 heterocycles. The summed E-state index contributed by atoms with van der Waals surface area (Å²) in [5.74, 6) is 3.09. The first-order valence-electron chi connectivity index (χ1n) is 9.48. The summed E-state index contributed by atoms with van der Waals surface area (Å²) in [7, 11) is 0. The molecule has 0 radical (unpaired) electrons. The van der Waals surface area contributed by atoms with Crippen molar-refractivity contribution >= 4 is 22.9 Å². The number of amides is 1. The molecule has 0 fully saturated rings. The SMILES string of the molecule is C#CCOc1ccc2ccccc2c1/C=N\NC(=O)Cn1nnc(-c2ccccc2)n1. The van der Waals surface area contributed by atoms with E-state index in [9.17, 15) is 4.79 Å². The van der Waals surface area contributed by atoms with E-state index in [2.05, 4.69) is 31.9 Å². The van der Waals surface area contributed by atoms with E-state index in [1.54, 1.807) is 0 Å². The van der Waals surface area contributed by atoms with Gasteiger partial charge < -0.3 is 4.74 Å². The lowest BCUT2D eigenvalue weighted by atomic mass is 10.0. The van der Waals surface area contributed by atoms with Crippen molar-refractivity contribution in [2.24, 2.45) is 5.10 Å². The van der Waals surface area contributed by atoms with Crippen LogP contribution in [0.2, 0.25) is 0 Å². The predicted octanol–water partition coefficient (Wildman–Crippen LogP) is 2.66. The predicted molar refractivity (Wildman–Crippen MR) is 117 cm³/mol. The summed E-state index contributed by atoms with van der Waals surface area (Å²) in [6, 6.07) is 21.0. The van der Waals surface area contributed by atoms with E-state index in [1.807, 2.05) is 66.7 Å². The summed E-state index contributed by atoms with van der Waals surface area (Å²) in [4.78, 5) is 13.5. The molecule has 0 atom stereocenters. The molecule has 4 aromatic rings. The number of tetrazole rings is 1. The van der Waals surface area contributed by atoms with Gasteiger partial charge in [-0.25, -0.2) is 5.43 Å². The van der Waals surface area contributed by atoms with E-state index in [1.165, 1.54) is 11.0 Å². The Labute approximate surface area is 178 Å². The summed E-state index contributed by atoms with van der Waals surface area (Å²) in [5, 5.41) is 18.1. The first-order chi connectivity index (χ1) is 15.2. The maximum absolute atomic E-state index is 12.3. The maximum atomic E-state index is 12.3. The smallest absolute Gasteiger partial charge is 0.263 e. The molecule has 0 aliphatic heterocycles. The molecule has 0 aliphatic carbocycles. The van der Waals surface area contributed by atoms with Gasteiger partial charge in [-0.05, 0) is 22.1 Å². The maximum Gasteiger partial charge on any atom is 0.263 e. The van der Waals surface area contributed by atoms with Gasteiger partial charge in [-0.2, -0.15) is 9.90 Å². The number of ether oxygens (including phenoxy) is 1. The molecule has 1 aromatic heterocycles. The van der Waals surface area contributed by atoms with Crippen LogP contribution >= 0.6 is 0 Å². The summed E-state index contributed by atoms with van der Waals surface area (Å²) in [6.45, 7) is 0.0143. The number of rotatable bonds is 7. The molecule has 0 spiro atoms. The lowest BCUT2D eigenvalue weighted by Crippen LogP contribution is -2.24. The fourth-order valence-corrected chi connectivity index (χ4v) is 3.00. The van der Waals surface area contributed by atoms with Crippen LogP contribution in [0.5, 0.6) is 5.75 Å². The molecule has 8 nitrogen and oxygen atoms in total. The van der Waals surface area contributed by atoms with Crippen molar-refractivity contribution in [2.45, 2.75) is 6.54 Å². The van der Waals surface area contributed by atoms with Crippen molar-refractivity contribution in [3.63, 3.8) is 0 Å². The second-order valence-corrected chi connectivity index (χ2v) is 6.49. The third-order valence-electron chi connectivity index (χ3n) is 4.39. The zero-order valence-corrected chi connectivity index (χ0v) is 16.5. The fourth-order valence-electron chi connectivity index (χ4n) is 3.00. The van der Waals surface area contributed by atoms with Crippen LogP contribution in [0.15, 0.2) is 71.8 Å². The van der Waals surface area contributed by atoms with Crippen LogP contribution < -0.4 is 10.2 Å². The number of carbonyl (C=O) groups is 1. The van der Waals surface area contributed by atoms with Gasteiger partial charge in [0.15, 0.2) is 0 Å². The zero-order chi connectivity index (χ0) is 21.5. The average Bonchev–Trinajstić information content (AvgIpc) is 3.27. The first kappa shape index (κ1) is 19.8. The third-order valence-corrected chi connectivity index (χ3v) is 4.39. The molecule has 0 unspecified atom stereocenters. The Bertz CT molecular complexity index is 1270. The molecule has 3 aromatic carbocycles. The highest BCUT2D eigenvalue weighted by atomic mass is 16.5. The van der Waals surface area contributed by atoms with E-state index in [-0.39, 0.29) is 19.1 Å². The number of nitrogens with zero attached hydrogens (tertiary/aromatic N) is 5. The zero-order valence-electron chi connectivity index (χ0n) is 16.5. The normalized spacial score (nSPS) is 10.8. The molecule has 8 heteroatoms. The van der Waals surface area contributed by atoms with Crippen molar-refractivity contribution < 1.29 is 9.53 Å². The third kappa shape index (κ3) is 4.74. The number of hydrogen-bond donors (Lipinski definition) is 1. The Morgan fingerprint density at radius 2 is 1.94 bits per heavy atom. The Kier molecular flexibility index (Phi) is 5.95. The average molecular weight is 410 g/mol. The molecular weight excluding hydrogens is 392 g/mol. The molecule has 31 heavy (non-hydrogen) atoms. The van der Waals surface area contributed by atoms with Gasteiger partial charge in [-0.15, -0.1) is 16.6 Å². The van der Waals surface area contributed by atoms with E-state index < -0.39 is 0 Å². The number of carbonyl (C=O) groups excluding carboxylic acids is 1. The van der Waals surface area contributed by atoms with Gasteiger partial charge in [0.05, 0.1) is 6.21 Å². The molecular formula is C23H18N6O2. The molecule has 0 saturated heterocycles. The van der Waals surface area contributed by atoms with Crippen LogP contribution in [0, 0.1) is 12.3 Å². The van der Waals surface area contributed by atoms with Crippen LogP contribution in [0.3, 0.4) is 0 Å². The number of benzene rings is 3. The second-order valence-electron chi connectivity index (χ2n) is 6.49. The van der Waals surface area contributed by atoms with E-state index in [0.29, 0.717) is 11.6 Å². The highest BCUT2D eigenvalue weighted by molar-refractivity contribution is 6.02. The molecule has 0 aliphatic rings. The number of aromatic nitrogens is 4. The fraction of sp³-hybridized carbons (Fsp3) is 0.0870. The van der Waals surface area contributed by atoms with Gasteiger partial charge >= 0.3 is 0 Å². The highest BCUT2D eigenvalue weighted by Gasteiger charge is 2.10. The molecule has 152 valence electrons. The lowest BCUT2D eigenvalue weighted by Gasteiger charge is -2.09. The van der Waals surface area contributed by atoms with Gasteiger partial charge in [0.25, 0.3) is 5.91 Å². The Balaban J connectivity index is 1.46. The van der Waals surface area contributed by atoms with E-state index >= 15 is 0 Å². The molecule has 0 bridgehead atoms. The molecule has 0 saturated carbocycles. The summed E-state index contributed by atoms with van der Waals surface area (Å²) >= 11 is 0. The van der Waals surface area contributed by atoms with Crippen molar-refractivity contribution in [3.8, 4) is 29.5 Å². The topological polar surface area (TPSA) is 94.3 Å². The Morgan fingerprint density at radius 3 is 2.77 bits per heavy atom. The lowest BCUT2D eigenvalue weighted by molar-refractivity contribution is -0.122. The van der Waals surface area contributed by atoms with Crippen LogP contribution in [0.25, 0.3) is 22.2 Å². The highest BCUT2D eigenvalue weighted by Crippen LogP contribution is 2.26. The van der Waals surface area contributed by atoms with Gasteiger partial charge in [0.2, 0.25) is 5.82 Å². The molecule has 1 N–H and O–H groups in total. The van der Waals surface area contributed by atoms with Crippen molar-refractivity contribution in [3.05, 3.63) is 72.3 Å². The van der Waals surface area contributed by atoms with Crippen LogP contribution in [0.1, 0.15) is 5.56 Å². The summed E-state index contributed by atoms with van der Waals surface area (Å²) in [6.07, 6.45) is 6.84. The minimum absolute atomic E-state index is 0.118. The first-order valence-corrected chi connectivity index (χ1v) is 9.48. The molecule has 4 rings (SSSR count). The summed E-state index contributed by atoms with van der Waals surface area (Å²) in [5.41, 5.74) is 4.03. The van der Waals surface area contributed by atoms with Gasteiger partial charge in [0.1, 0.15) is 18.9 Å². The molecule has 1 amide bonds. The Morgan fingerprint density at radius 1 is 1.13 bits per heavy atom. The number of terminal acetylenes is 1. The van der Waals surface area contributed by atoms with Crippen LogP contribution in [-0.2, 0) is 11.3 Å². The van der Waals surface area contributed by atoms with Crippen LogP contribution in [0.4, 0.5) is 0 Å². The van der Waals surface area contributed by atoms with Crippen LogP contribution in [-0.4, -0.2) is 38.9 Å². The number of nitrogens with one attached hydrogen (secondary N) is 1. The number of fused-ring (bicyclic) bond motifs is 1. The van der Waals surface area contributed by atoms with Crippen molar-refractivity contribution in [1.29, 1.82) is 0 Å². The Hall–Kier alpha value is -4.51. The van der Waals surface area contributed by atoms with Gasteiger partial charge in [0, 0.05) is 11.1 Å². The monoisotopic (exact) mass is 410 g/mol. The van der Waals surface area contributed by atoms with Crippen molar-refractivity contribution in [1.82, 2.24) is 25.6 Å². The summed E-state index contributed by atoms with van der Waals surface area (Å²) < 4.78 is 5.62.